The van der Waals surface area contributed by atoms with E-state index in [9.17, 15) is 4.79 Å². The minimum Gasteiger partial charge on any atom is -0.315 e. The minimum absolute atomic E-state index is 0.0220. The van der Waals surface area contributed by atoms with Gasteiger partial charge in [0.1, 0.15) is 0 Å². The Morgan fingerprint density at radius 2 is 1.93 bits per heavy atom. The Kier molecular flexibility index (Phi) is 5.56. The van der Waals surface area contributed by atoms with Crippen LogP contribution in [-0.2, 0) is 4.79 Å². The molecule has 0 fully saturated rings. The van der Waals surface area contributed by atoms with Crippen molar-refractivity contribution in [2.45, 2.75) is 0 Å². The third-order valence-electron chi connectivity index (χ3n) is 1.68. The summed E-state index contributed by atoms with van der Waals surface area (Å²) in [6.07, 6.45) is 5.15. The molecule has 0 aliphatic rings. The average Bonchev–Trinajstić information content (AvgIpc) is 2.11. The molecule has 0 aromatic rings. The molecule has 3 nitrogen and oxygen atoms in total. The molecule has 0 radical (unpaired) electrons. The summed E-state index contributed by atoms with van der Waals surface area (Å²) in [6, 6.07) is 0. The maximum atomic E-state index is 11.5. The highest BCUT2D eigenvalue weighted by Crippen LogP contribution is 2.01. The highest BCUT2D eigenvalue weighted by Gasteiger charge is 2.10. The van der Waals surface area contributed by atoms with Crippen LogP contribution in [-0.4, -0.2) is 43.4 Å². The standard InChI is InChI=1S/C11H18N2O/c1-6-7-8-10(2)13(5)11(14)9-12(3)4/h6-8H,1-2,9H2,3-5H3/b8-7-. The summed E-state index contributed by atoms with van der Waals surface area (Å²) in [5, 5.41) is 0. The van der Waals surface area contributed by atoms with Gasteiger partial charge in [-0.15, -0.1) is 0 Å². The van der Waals surface area contributed by atoms with E-state index >= 15 is 0 Å². The van der Waals surface area contributed by atoms with Gasteiger partial charge >= 0.3 is 0 Å². The molecule has 0 spiro atoms. The molecule has 0 saturated carbocycles. The van der Waals surface area contributed by atoms with Crippen LogP contribution in [0, 0.1) is 0 Å². The zero-order valence-corrected chi connectivity index (χ0v) is 9.16. The number of carbonyl (C=O) groups excluding carboxylic acids is 1. The van der Waals surface area contributed by atoms with Crippen molar-refractivity contribution in [1.82, 2.24) is 9.80 Å². The largest absolute Gasteiger partial charge is 0.315 e. The molecule has 0 heterocycles. The van der Waals surface area contributed by atoms with Gasteiger partial charge in [-0.1, -0.05) is 25.3 Å². The smallest absolute Gasteiger partial charge is 0.240 e. The van der Waals surface area contributed by atoms with Crippen molar-refractivity contribution in [2.24, 2.45) is 0 Å². The van der Waals surface area contributed by atoms with E-state index in [0.29, 0.717) is 12.2 Å². The first kappa shape index (κ1) is 12.7. The Hall–Kier alpha value is -1.35. The van der Waals surface area contributed by atoms with Gasteiger partial charge in [-0.25, -0.2) is 0 Å². The van der Waals surface area contributed by atoms with Gasteiger partial charge in [0.2, 0.25) is 5.91 Å². The SMILES string of the molecule is C=C/C=C\C(=C)N(C)C(=O)CN(C)C. The zero-order chi connectivity index (χ0) is 11.1. The quantitative estimate of drug-likeness (QED) is 0.615. The third kappa shape index (κ3) is 4.62. The molecule has 0 atom stereocenters. The van der Waals surface area contributed by atoms with Crippen LogP contribution < -0.4 is 0 Å². The molecule has 0 bridgehead atoms. The molecular formula is C11H18N2O. The number of allylic oxidation sites excluding steroid dienone is 3. The maximum absolute atomic E-state index is 11.5. The van der Waals surface area contributed by atoms with E-state index < -0.39 is 0 Å². The Labute approximate surface area is 86.0 Å². The van der Waals surface area contributed by atoms with Gasteiger partial charge in [-0.05, 0) is 20.2 Å². The van der Waals surface area contributed by atoms with Crippen molar-refractivity contribution in [3.8, 4) is 0 Å². The zero-order valence-electron chi connectivity index (χ0n) is 9.16. The van der Waals surface area contributed by atoms with Gasteiger partial charge in [0, 0.05) is 12.7 Å². The van der Waals surface area contributed by atoms with Crippen molar-refractivity contribution in [3.63, 3.8) is 0 Å². The lowest BCUT2D eigenvalue weighted by Crippen LogP contribution is -2.33. The summed E-state index contributed by atoms with van der Waals surface area (Å²) < 4.78 is 0. The molecule has 0 rings (SSSR count). The molecular weight excluding hydrogens is 176 g/mol. The first-order chi connectivity index (χ1) is 6.49. The fourth-order valence-electron chi connectivity index (χ4n) is 0.828. The van der Waals surface area contributed by atoms with Gasteiger partial charge in [0.25, 0.3) is 0 Å². The second-order valence-corrected chi connectivity index (χ2v) is 3.28. The van der Waals surface area contributed by atoms with Crippen LogP contribution in [0.2, 0.25) is 0 Å². The second-order valence-electron chi connectivity index (χ2n) is 3.28. The number of likely N-dealkylation sites (N-methyl/N-ethyl adjacent to an activating group) is 2. The Bertz CT molecular complexity index is 254. The van der Waals surface area contributed by atoms with Crippen LogP contribution in [0.4, 0.5) is 0 Å². The van der Waals surface area contributed by atoms with E-state index in [1.807, 2.05) is 19.0 Å². The summed E-state index contributed by atoms with van der Waals surface area (Å²) in [5.41, 5.74) is 0.664. The van der Waals surface area contributed by atoms with Crippen LogP contribution in [0.25, 0.3) is 0 Å². The van der Waals surface area contributed by atoms with Crippen molar-refractivity contribution in [1.29, 1.82) is 0 Å². The van der Waals surface area contributed by atoms with Gasteiger partial charge in [-0.2, -0.15) is 0 Å². The molecule has 0 saturated heterocycles. The molecule has 14 heavy (non-hydrogen) atoms. The Balaban J connectivity index is 4.24. The maximum Gasteiger partial charge on any atom is 0.240 e. The molecule has 3 heteroatoms. The molecule has 0 aliphatic carbocycles. The van der Waals surface area contributed by atoms with Crippen LogP contribution in [0.5, 0.6) is 0 Å². The lowest BCUT2D eigenvalue weighted by atomic mass is 10.3. The van der Waals surface area contributed by atoms with E-state index in [0.717, 1.165) is 0 Å². The first-order valence-corrected chi connectivity index (χ1v) is 4.38. The number of carbonyl (C=O) groups is 1. The van der Waals surface area contributed by atoms with E-state index in [1.54, 1.807) is 25.3 Å². The van der Waals surface area contributed by atoms with E-state index in [1.165, 1.54) is 4.90 Å². The molecule has 0 aromatic carbocycles. The van der Waals surface area contributed by atoms with Crippen molar-refractivity contribution >= 4 is 5.91 Å². The predicted molar refractivity (Wildman–Crippen MR) is 59.8 cm³/mol. The van der Waals surface area contributed by atoms with Gasteiger partial charge in [-0.3, -0.25) is 4.79 Å². The number of nitrogens with zero attached hydrogens (tertiary/aromatic N) is 2. The normalized spacial score (nSPS) is 10.6. The van der Waals surface area contributed by atoms with Crippen molar-refractivity contribution in [3.05, 3.63) is 37.1 Å². The Morgan fingerprint density at radius 3 is 2.36 bits per heavy atom. The summed E-state index contributed by atoms with van der Waals surface area (Å²) in [4.78, 5) is 14.9. The molecule has 78 valence electrons. The van der Waals surface area contributed by atoms with Crippen molar-refractivity contribution < 1.29 is 4.79 Å². The summed E-state index contributed by atoms with van der Waals surface area (Å²) in [5.74, 6) is 0.0220. The lowest BCUT2D eigenvalue weighted by molar-refractivity contribution is -0.128. The highest BCUT2D eigenvalue weighted by molar-refractivity contribution is 5.80. The Morgan fingerprint density at radius 1 is 1.36 bits per heavy atom. The second kappa shape index (κ2) is 6.16. The number of amides is 1. The van der Waals surface area contributed by atoms with E-state index in [2.05, 4.69) is 13.2 Å². The molecule has 0 aliphatic heterocycles. The van der Waals surface area contributed by atoms with E-state index in [4.69, 9.17) is 0 Å². The lowest BCUT2D eigenvalue weighted by Gasteiger charge is -2.19. The topological polar surface area (TPSA) is 23.6 Å². The van der Waals surface area contributed by atoms with Gasteiger partial charge < -0.3 is 9.80 Å². The molecule has 0 N–H and O–H groups in total. The predicted octanol–water partition coefficient (Wildman–Crippen LogP) is 1.26. The van der Waals surface area contributed by atoms with Crippen LogP contribution >= 0.6 is 0 Å². The number of hydrogen-bond acceptors (Lipinski definition) is 2. The van der Waals surface area contributed by atoms with Crippen molar-refractivity contribution in [2.75, 3.05) is 27.7 Å². The highest BCUT2D eigenvalue weighted by atomic mass is 16.2. The van der Waals surface area contributed by atoms with Gasteiger partial charge in [0.15, 0.2) is 0 Å². The molecule has 0 unspecified atom stereocenters. The summed E-state index contributed by atoms with van der Waals surface area (Å²) in [6.45, 7) is 7.70. The third-order valence-corrected chi connectivity index (χ3v) is 1.68. The molecule has 0 aromatic heterocycles. The van der Waals surface area contributed by atoms with Gasteiger partial charge in [0.05, 0.1) is 6.54 Å². The summed E-state index contributed by atoms with van der Waals surface area (Å²) in [7, 11) is 5.42. The fraction of sp³-hybridized carbons (Fsp3) is 0.364. The first-order valence-electron chi connectivity index (χ1n) is 4.38. The summed E-state index contributed by atoms with van der Waals surface area (Å²) >= 11 is 0. The minimum atomic E-state index is 0.0220. The number of rotatable bonds is 5. The molecule has 1 amide bonds. The van der Waals surface area contributed by atoms with E-state index in [-0.39, 0.29) is 5.91 Å². The van der Waals surface area contributed by atoms with Crippen LogP contribution in [0.15, 0.2) is 37.1 Å². The van der Waals surface area contributed by atoms with Crippen LogP contribution in [0.1, 0.15) is 0 Å². The van der Waals surface area contributed by atoms with Crippen LogP contribution in [0.3, 0.4) is 0 Å². The monoisotopic (exact) mass is 194 g/mol. The average molecular weight is 194 g/mol. The fourth-order valence-corrected chi connectivity index (χ4v) is 0.828. The number of hydrogen-bond donors (Lipinski definition) is 0.